The lowest BCUT2D eigenvalue weighted by molar-refractivity contribution is -0.385. The number of para-hydroxylation sites is 1. The summed E-state index contributed by atoms with van der Waals surface area (Å²) in [6, 6.07) is 4.28. The number of allylic oxidation sites excluding steroid dienone is 1. The first-order valence-electron chi connectivity index (χ1n) is 6.98. The first-order valence-corrected chi connectivity index (χ1v) is 6.98. The van der Waals surface area contributed by atoms with Crippen LogP contribution in [0.3, 0.4) is 0 Å². The van der Waals surface area contributed by atoms with E-state index >= 15 is 0 Å². The number of carbonyl (C=O) groups is 2. The summed E-state index contributed by atoms with van der Waals surface area (Å²) in [6.07, 6.45) is 3.24. The Balaban J connectivity index is 3.38. The average Bonchev–Trinajstić information content (AvgIpc) is 2.52. The molecular weight excluding hydrogens is 286 g/mol. The lowest BCUT2D eigenvalue weighted by Crippen LogP contribution is -2.15. The van der Waals surface area contributed by atoms with E-state index in [0.717, 1.165) is 13.5 Å². The minimum atomic E-state index is -0.809. The number of nitro groups is 1. The van der Waals surface area contributed by atoms with E-state index in [0.29, 0.717) is 12.8 Å². The molecule has 0 aliphatic rings. The maximum atomic E-state index is 12.2. The number of ether oxygens (including phenoxy) is 1. The Morgan fingerprint density at radius 3 is 2.64 bits per heavy atom. The number of unbranched alkanes of at least 4 members (excludes halogenated alkanes) is 1. The number of nitrogens with zero attached hydrogens (tertiary/aromatic N) is 1. The van der Waals surface area contributed by atoms with Crippen molar-refractivity contribution in [1.82, 2.24) is 0 Å². The molecule has 1 unspecified atom stereocenters. The molecule has 0 radical (unpaired) electrons. The fourth-order valence-electron chi connectivity index (χ4n) is 2.23. The fraction of sp³-hybridized carbons (Fsp3) is 0.375. The summed E-state index contributed by atoms with van der Waals surface area (Å²) in [5.74, 6) is -1.77. The molecule has 1 atom stereocenters. The van der Waals surface area contributed by atoms with Gasteiger partial charge in [0, 0.05) is 12.0 Å². The van der Waals surface area contributed by atoms with Crippen LogP contribution in [0.2, 0.25) is 0 Å². The molecule has 118 valence electrons. The van der Waals surface area contributed by atoms with Gasteiger partial charge in [0.05, 0.1) is 18.0 Å². The molecule has 0 aromatic heterocycles. The number of rotatable bonds is 8. The molecule has 0 fully saturated rings. The highest BCUT2D eigenvalue weighted by molar-refractivity contribution is 5.96. The van der Waals surface area contributed by atoms with Crippen molar-refractivity contribution in [2.45, 2.75) is 32.1 Å². The molecule has 22 heavy (non-hydrogen) atoms. The Hall–Kier alpha value is -2.50. The summed E-state index contributed by atoms with van der Waals surface area (Å²) in [5, 5.41) is 11.4. The first-order chi connectivity index (χ1) is 10.5. The predicted molar refractivity (Wildman–Crippen MR) is 81.9 cm³/mol. The van der Waals surface area contributed by atoms with Gasteiger partial charge in [0.1, 0.15) is 11.3 Å². The van der Waals surface area contributed by atoms with Gasteiger partial charge in [-0.2, -0.15) is 0 Å². The molecule has 6 nitrogen and oxygen atoms in total. The van der Waals surface area contributed by atoms with Crippen molar-refractivity contribution in [2.24, 2.45) is 0 Å². The van der Waals surface area contributed by atoms with Crippen LogP contribution in [0.25, 0.3) is 0 Å². The van der Waals surface area contributed by atoms with E-state index in [1.807, 2.05) is 6.92 Å². The SMILES string of the molecule is C=CC(C(=O)CCCC)c1cccc(C(=O)OC)c1[N+](=O)[O-]. The molecule has 0 bridgehead atoms. The van der Waals surface area contributed by atoms with Gasteiger partial charge in [-0.25, -0.2) is 4.79 Å². The summed E-state index contributed by atoms with van der Waals surface area (Å²) in [5.41, 5.74) is -0.395. The van der Waals surface area contributed by atoms with Crippen LogP contribution in [-0.2, 0) is 9.53 Å². The third-order valence-corrected chi connectivity index (χ3v) is 3.35. The van der Waals surface area contributed by atoms with Crippen molar-refractivity contribution in [3.05, 3.63) is 52.1 Å². The molecule has 0 saturated carbocycles. The van der Waals surface area contributed by atoms with E-state index in [-0.39, 0.29) is 16.9 Å². The van der Waals surface area contributed by atoms with Crippen LogP contribution in [-0.4, -0.2) is 23.8 Å². The molecule has 0 N–H and O–H groups in total. The Kier molecular flexibility index (Phi) is 6.44. The van der Waals surface area contributed by atoms with E-state index < -0.39 is 22.5 Å². The van der Waals surface area contributed by atoms with Crippen LogP contribution >= 0.6 is 0 Å². The van der Waals surface area contributed by atoms with Crippen molar-refractivity contribution in [3.8, 4) is 0 Å². The minimum Gasteiger partial charge on any atom is -0.465 e. The van der Waals surface area contributed by atoms with Gasteiger partial charge in [-0.3, -0.25) is 14.9 Å². The first kappa shape index (κ1) is 17.6. The molecule has 0 saturated heterocycles. The van der Waals surface area contributed by atoms with Gasteiger partial charge in [-0.1, -0.05) is 31.6 Å². The Morgan fingerprint density at radius 2 is 2.14 bits per heavy atom. The number of esters is 1. The van der Waals surface area contributed by atoms with Gasteiger partial charge >= 0.3 is 5.97 Å². The van der Waals surface area contributed by atoms with Gasteiger partial charge in [-0.05, 0) is 12.5 Å². The normalized spacial score (nSPS) is 11.5. The molecule has 6 heteroatoms. The van der Waals surface area contributed by atoms with E-state index in [1.165, 1.54) is 24.3 Å². The summed E-state index contributed by atoms with van der Waals surface area (Å²) >= 11 is 0. The number of carbonyl (C=O) groups excluding carboxylic acids is 2. The van der Waals surface area contributed by atoms with Crippen LogP contribution in [0.4, 0.5) is 5.69 Å². The van der Waals surface area contributed by atoms with Crippen molar-refractivity contribution in [3.63, 3.8) is 0 Å². The van der Waals surface area contributed by atoms with Crippen molar-refractivity contribution >= 4 is 17.4 Å². The molecule has 0 spiro atoms. The zero-order valence-electron chi connectivity index (χ0n) is 12.7. The van der Waals surface area contributed by atoms with E-state index in [2.05, 4.69) is 11.3 Å². The maximum Gasteiger partial charge on any atom is 0.344 e. The molecule has 1 aromatic rings. The zero-order valence-corrected chi connectivity index (χ0v) is 12.7. The van der Waals surface area contributed by atoms with E-state index in [9.17, 15) is 19.7 Å². The van der Waals surface area contributed by atoms with Crippen LogP contribution in [0.1, 0.15) is 48.0 Å². The molecule has 1 aromatic carbocycles. The number of nitro benzene ring substituents is 1. The van der Waals surface area contributed by atoms with Crippen LogP contribution < -0.4 is 0 Å². The summed E-state index contributed by atoms with van der Waals surface area (Å²) in [6.45, 7) is 5.56. The molecular formula is C16H19NO5. The number of ketones is 1. The van der Waals surface area contributed by atoms with Crippen LogP contribution in [0, 0.1) is 10.1 Å². The highest BCUT2D eigenvalue weighted by atomic mass is 16.6. The van der Waals surface area contributed by atoms with E-state index in [1.54, 1.807) is 0 Å². The summed E-state index contributed by atoms with van der Waals surface area (Å²) < 4.78 is 4.57. The smallest absolute Gasteiger partial charge is 0.344 e. The number of hydrogen-bond donors (Lipinski definition) is 0. The lowest BCUT2D eigenvalue weighted by atomic mass is 9.89. The summed E-state index contributed by atoms with van der Waals surface area (Å²) in [4.78, 5) is 34.7. The van der Waals surface area contributed by atoms with Crippen molar-refractivity contribution in [2.75, 3.05) is 7.11 Å². The monoisotopic (exact) mass is 305 g/mol. The van der Waals surface area contributed by atoms with Crippen molar-refractivity contribution in [1.29, 1.82) is 0 Å². The van der Waals surface area contributed by atoms with Crippen LogP contribution in [0.15, 0.2) is 30.9 Å². The Labute approximate surface area is 128 Å². The number of hydrogen-bond acceptors (Lipinski definition) is 5. The number of benzene rings is 1. The van der Waals surface area contributed by atoms with Crippen molar-refractivity contribution < 1.29 is 19.2 Å². The predicted octanol–water partition coefficient (Wildman–Crippen LogP) is 3.41. The van der Waals surface area contributed by atoms with Gasteiger partial charge in [0.15, 0.2) is 0 Å². The van der Waals surface area contributed by atoms with Crippen LogP contribution in [0.5, 0.6) is 0 Å². The molecule has 0 aliphatic carbocycles. The van der Waals surface area contributed by atoms with Gasteiger partial charge in [-0.15, -0.1) is 6.58 Å². The highest BCUT2D eigenvalue weighted by Gasteiger charge is 2.30. The summed E-state index contributed by atoms with van der Waals surface area (Å²) in [7, 11) is 1.15. The largest absolute Gasteiger partial charge is 0.465 e. The number of methoxy groups -OCH3 is 1. The zero-order chi connectivity index (χ0) is 16.7. The van der Waals surface area contributed by atoms with Gasteiger partial charge in [0.2, 0.25) is 0 Å². The second-order valence-corrected chi connectivity index (χ2v) is 4.78. The Bertz CT molecular complexity index is 594. The van der Waals surface area contributed by atoms with Gasteiger partial charge in [0.25, 0.3) is 5.69 Å². The quantitative estimate of drug-likeness (QED) is 0.318. The standard InChI is InChI=1S/C16H19NO5/c1-4-6-10-14(18)11(5-2)12-8-7-9-13(16(19)22-3)15(12)17(20)21/h5,7-9,11H,2,4,6,10H2,1,3H3. The second kappa shape index (κ2) is 8.07. The third-order valence-electron chi connectivity index (χ3n) is 3.35. The van der Waals surface area contributed by atoms with Gasteiger partial charge < -0.3 is 4.74 Å². The molecule has 0 aliphatic heterocycles. The maximum absolute atomic E-state index is 12.2. The number of Topliss-reactive ketones (excluding diaryl/α,β-unsaturated/α-hetero) is 1. The third kappa shape index (κ3) is 3.78. The Morgan fingerprint density at radius 1 is 1.45 bits per heavy atom. The molecule has 0 heterocycles. The molecule has 0 amide bonds. The topological polar surface area (TPSA) is 86.5 Å². The lowest BCUT2D eigenvalue weighted by Gasteiger charge is -2.13. The minimum absolute atomic E-state index is 0.151. The van der Waals surface area contributed by atoms with E-state index in [4.69, 9.17) is 0 Å². The second-order valence-electron chi connectivity index (χ2n) is 4.78. The highest BCUT2D eigenvalue weighted by Crippen LogP contribution is 2.32. The molecule has 1 rings (SSSR count). The average molecular weight is 305 g/mol. The fourth-order valence-corrected chi connectivity index (χ4v) is 2.23.